The fourth-order valence-corrected chi connectivity index (χ4v) is 3.43. The van der Waals surface area contributed by atoms with E-state index in [1.807, 2.05) is 0 Å². The summed E-state index contributed by atoms with van der Waals surface area (Å²) in [6, 6.07) is 10.1. The van der Waals surface area contributed by atoms with Crippen LogP contribution in [0.1, 0.15) is 16.8 Å². The molecule has 0 atom stereocenters. The fourth-order valence-electron chi connectivity index (χ4n) is 2.47. The zero-order valence-electron chi connectivity index (χ0n) is 15.5. The predicted molar refractivity (Wildman–Crippen MR) is 102 cm³/mol. The van der Waals surface area contributed by atoms with Crippen LogP contribution in [0.2, 0.25) is 0 Å². The molecule has 0 aliphatic heterocycles. The van der Waals surface area contributed by atoms with Gasteiger partial charge in [0.25, 0.3) is 5.56 Å². The Bertz CT molecular complexity index is 1060. The van der Waals surface area contributed by atoms with Gasteiger partial charge < -0.3 is 4.74 Å². The summed E-state index contributed by atoms with van der Waals surface area (Å²) in [7, 11) is 1.53. The molecule has 3 aromatic rings. The van der Waals surface area contributed by atoms with Gasteiger partial charge in [-0.05, 0) is 48.9 Å². The number of rotatable bonds is 5. The summed E-state index contributed by atoms with van der Waals surface area (Å²) in [4.78, 5) is 17.0. The number of ether oxygens (including phenoxy) is 1. The third-order valence-electron chi connectivity index (χ3n) is 4.06. The molecule has 0 bridgehead atoms. The van der Waals surface area contributed by atoms with Crippen LogP contribution in [0.4, 0.5) is 17.6 Å². The first-order chi connectivity index (χ1) is 13.6. The van der Waals surface area contributed by atoms with Crippen LogP contribution >= 0.6 is 11.8 Å². The highest BCUT2D eigenvalue weighted by Crippen LogP contribution is 2.30. The number of thioether (sulfide) groups is 1. The van der Waals surface area contributed by atoms with Crippen LogP contribution in [0.5, 0.6) is 11.5 Å². The molecule has 29 heavy (non-hydrogen) atoms. The first-order valence-electron chi connectivity index (χ1n) is 8.45. The van der Waals surface area contributed by atoms with E-state index in [1.54, 1.807) is 6.92 Å². The van der Waals surface area contributed by atoms with Gasteiger partial charge in [0.1, 0.15) is 11.6 Å². The molecule has 1 heterocycles. The summed E-state index contributed by atoms with van der Waals surface area (Å²) in [5.74, 6) is 0.252. The number of halogens is 4. The molecule has 9 heteroatoms. The molecule has 3 rings (SSSR count). The van der Waals surface area contributed by atoms with Crippen LogP contribution in [0.3, 0.4) is 0 Å². The highest BCUT2D eigenvalue weighted by Gasteiger charge is 2.29. The van der Waals surface area contributed by atoms with Crippen molar-refractivity contribution in [1.29, 1.82) is 0 Å². The molecular formula is C20H16F4N2O2S. The highest BCUT2D eigenvalue weighted by molar-refractivity contribution is 7.98. The SMILES string of the molecule is Cc1nc(SCc2ccc(C(F)(F)F)cc2)n(C)c(=O)c1Oc1ccc(F)cc1. The predicted octanol–water partition coefficient (Wildman–Crippen LogP) is 5.33. The molecule has 4 nitrogen and oxygen atoms in total. The average Bonchev–Trinajstić information content (AvgIpc) is 2.68. The fraction of sp³-hybridized carbons (Fsp3) is 0.200. The van der Waals surface area contributed by atoms with Crippen molar-refractivity contribution in [2.24, 2.45) is 7.05 Å². The molecule has 0 aliphatic rings. The number of alkyl halides is 3. The van der Waals surface area contributed by atoms with Crippen molar-refractivity contribution < 1.29 is 22.3 Å². The highest BCUT2D eigenvalue weighted by atomic mass is 32.2. The molecule has 0 saturated heterocycles. The molecule has 0 saturated carbocycles. The van der Waals surface area contributed by atoms with Crippen LogP contribution in [0.25, 0.3) is 0 Å². The maximum Gasteiger partial charge on any atom is 0.416 e. The van der Waals surface area contributed by atoms with Crippen molar-refractivity contribution in [3.63, 3.8) is 0 Å². The zero-order chi connectivity index (χ0) is 21.2. The number of nitrogens with zero attached hydrogens (tertiary/aromatic N) is 2. The van der Waals surface area contributed by atoms with E-state index in [0.29, 0.717) is 27.9 Å². The van der Waals surface area contributed by atoms with Crippen LogP contribution in [-0.4, -0.2) is 9.55 Å². The van der Waals surface area contributed by atoms with Crippen molar-refractivity contribution in [3.8, 4) is 11.5 Å². The van der Waals surface area contributed by atoms with E-state index in [1.165, 1.54) is 59.8 Å². The maximum atomic E-state index is 13.0. The third-order valence-corrected chi connectivity index (χ3v) is 5.16. The first-order valence-corrected chi connectivity index (χ1v) is 9.43. The van der Waals surface area contributed by atoms with E-state index in [9.17, 15) is 22.4 Å². The van der Waals surface area contributed by atoms with Crippen LogP contribution in [0.15, 0.2) is 58.5 Å². The van der Waals surface area contributed by atoms with Gasteiger partial charge in [0.2, 0.25) is 5.75 Å². The molecule has 2 aromatic carbocycles. The van der Waals surface area contributed by atoms with Gasteiger partial charge in [-0.2, -0.15) is 13.2 Å². The van der Waals surface area contributed by atoms with E-state index < -0.39 is 23.1 Å². The summed E-state index contributed by atoms with van der Waals surface area (Å²) in [6.07, 6.45) is -4.38. The number of hydrogen-bond acceptors (Lipinski definition) is 4. The molecule has 0 aliphatic carbocycles. The van der Waals surface area contributed by atoms with Crippen molar-refractivity contribution in [2.75, 3.05) is 0 Å². The van der Waals surface area contributed by atoms with Gasteiger partial charge in [-0.25, -0.2) is 9.37 Å². The van der Waals surface area contributed by atoms with Crippen molar-refractivity contribution in [1.82, 2.24) is 9.55 Å². The Morgan fingerprint density at radius 1 is 1.07 bits per heavy atom. The largest absolute Gasteiger partial charge is 0.450 e. The first kappa shape index (κ1) is 20.9. The molecule has 0 fully saturated rings. The van der Waals surface area contributed by atoms with Gasteiger partial charge >= 0.3 is 6.18 Å². The second kappa shape index (κ2) is 8.28. The summed E-state index contributed by atoms with van der Waals surface area (Å²) in [5, 5.41) is 0.402. The minimum absolute atomic E-state index is 0.0259. The van der Waals surface area contributed by atoms with Gasteiger partial charge in [0.05, 0.1) is 11.3 Å². The third kappa shape index (κ3) is 4.97. The number of benzene rings is 2. The molecule has 0 spiro atoms. The summed E-state index contributed by atoms with van der Waals surface area (Å²) >= 11 is 1.22. The van der Waals surface area contributed by atoms with Gasteiger partial charge in [0.15, 0.2) is 5.16 Å². The lowest BCUT2D eigenvalue weighted by molar-refractivity contribution is -0.137. The Kier molecular flexibility index (Phi) is 5.97. The Labute approximate surface area is 168 Å². The van der Waals surface area contributed by atoms with Crippen molar-refractivity contribution >= 4 is 11.8 Å². The number of aromatic nitrogens is 2. The normalized spacial score (nSPS) is 11.5. The van der Waals surface area contributed by atoms with E-state index >= 15 is 0 Å². The molecular weight excluding hydrogens is 408 g/mol. The maximum absolute atomic E-state index is 13.0. The number of hydrogen-bond donors (Lipinski definition) is 0. The molecule has 0 unspecified atom stereocenters. The minimum Gasteiger partial charge on any atom is -0.450 e. The minimum atomic E-state index is -4.38. The Balaban J connectivity index is 1.77. The summed E-state index contributed by atoms with van der Waals surface area (Å²) in [5.41, 5.74) is -0.111. The topological polar surface area (TPSA) is 44.1 Å². The Morgan fingerprint density at radius 3 is 2.28 bits per heavy atom. The zero-order valence-corrected chi connectivity index (χ0v) is 16.3. The van der Waals surface area contributed by atoms with E-state index in [4.69, 9.17) is 4.74 Å². The van der Waals surface area contributed by atoms with Crippen molar-refractivity contribution in [2.45, 2.75) is 24.0 Å². The van der Waals surface area contributed by atoms with Gasteiger partial charge in [-0.15, -0.1) is 0 Å². The second-order valence-corrected chi connectivity index (χ2v) is 7.15. The smallest absolute Gasteiger partial charge is 0.416 e. The molecule has 0 N–H and O–H groups in total. The van der Waals surface area contributed by atoms with Gasteiger partial charge in [0, 0.05) is 12.8 Å². The van der Waals surface area contributed by atoms with E-state index in [0.717, 1.165) is 12.1 Å². The standard InChI is InChI=1S/C20H16F4N2O2S/c1-12-17(28-16-9-7-15(21)8-10-16)18(27)26(2)19(25-12)29-11-13-3-5-14(6-4-13)20(22,23)24/h3-10H,11H2,1-2H3. The summed E-state index contributed by atoms with van der Waals surface area (Å²) < 4.78 is 57.8. The second-order valence-electron chi connectivity index (χ2n) is 6.21. The van der Waals surface area contributed by atoms with Crippen LogP contribution < -0.4 is 10.3 Å². The van der Waals surface area contributed by atoms with E-state index in [-0.39, 0.29) is 5.75 Å². The Hall–Kier alpha value is -2.81. The number of aryl methyl sites for hydroxylation is 1. The quantitative estimate of drug-likeness (QED) is 0.315. The Morgan fingerprint density at radius 2 is 1.69 bits per heavy atom. The van der Waals surface area contributed by atoms with Crippen LogP contribution in [0, 0.1) is 12.7 Å². The monoisotopic (exact) mass is 424 g/mol. The van der Waals surface area contributed by atoms with Gasteiger partial charge in [-0.1, -0.05) is 23.9 Å². The molecule has 0 radical (unpaired) electrons. The van der Waals surface area contributed by atoms with Crippen LogP contribution in [-0.2, 0) is 19.0 Å². The van der Waals surface area contributed by atoms with Gasteiger partial charge in [-0.3, -0.25) is 9.36 Å². The lowest BCUT2D eigenvalue weighted by atomic mass is 10.1. The lowest BCUT2D eigenvalue weighted by Crippen LogP contribution is -2.22. The van der Waals surface area contributed by atoms with E-state index in [2.05, 4.69) is 4.98 Å². The lowest BCUT2D eigenvalue weighted by Gasteiger charge is -2.13. The average molecular weight is 424 g/mol. The molecule has 152 valence electrons. The molecule has 0 amide bonds. The van der Waals surface area contributed by atoms with Crippen molar-refractivity contribution in [3.05, 3.63) is 81.5 Å². The summed E-state index contributed by atoms with van der Waals surface area (Å²) in [6.45, 7) is 1.61. The molecule has 1 aromatic heterocycles.